The van der Waals surface area contributed by atoms with Gasteiger partial charge in [0.15, 0.2) is 0 Å². The molecule has 0 atom stereocenters. The van der Waals surface area contributed by atoms with Gasteiger partial charge >= 0.3 is 0 Å². The summed E-state index contributed by atoms with van der Waals surface area (Å²) in [7, 11) is -3.45. The topological polar surface area (TPSA) is 69.7 Å². The first-order valence-electron chi connectivity index (χ1n) is 8.68. The molecule has 0 saturated carbocycles. The van der Waals surface area contributed by atoms with Crippen LogP contribution in [-0.2, 0) is 14.8 Å². The molecule has 2 heterocycles. The predicted octanol–water partition coefficient (Wildman–Crippen LogP) is 1.90. The second-order valence-corrected chi connectivity index (χ2v) is 8.46. The van der Waals surface area contributed by atoms with Crippen molar-refractivity contribution >= 4 is 21.6 Å². The van der Waals surface area contributed by atoms with Gasteiger partial charge in [-0.1, -0.05) is 12.5 Å². The summed E-state index contributed by atoms with van der Waals surface area (Å²) in [5, 5.41) is 2.83. The molecule has 1 amide bonds. The van der Waals surface area contributed by atoms with Crippen molar-refractivity contribution in [2.24, 2.45) is 0 Å². The minimum Gasteiger partial charge on any atom is -0.325 e. The lowest BCUT2D eigenvalue weighted by Gasteiger charge is -2.25. The number of carbonyl (C=O) groups excluding carboxylic acids is 1. The molecule has 2 aliphatic rings. The summed E-state index contributed by atoms with van der Waals surface area (Å²) in [5.74, 6) is -0.0902. The lowest BCUT2D eigenvalue weighted by atomic mass is 10.1. The van der Waals surface area contributed by atoms with Crippen LogP contribution >= 0.6 is 0 Å². The summed E-state index contributed by atoms with van der Waals surface area (Å²) < 4.78 is 26.7. The van der Waals surface area contributed by atoms with E-state index >= 15 is 0 Å². The van der Waals surface area contributed by atoms with Crippen molar-refractivity contribution in [2.75, 3.05) is 38.0 Å². The number of nitrogens with one attached hydrogen (secondary N) is 1. The SMILES string of the molecule is O=C(CN1CCCCC1)Nc1cccc(S(=O)(=O)N2CCCC2)c1. The Bertz CT molecular complexity index is 678. The van der Waals surface area contributed by atoms with Crippen LogP contribution < -0.4 is 5.32 Å². The molecule has 24 heavy (non-hydrogen) atoms. The molecule has 0 unspecified atom stereocenters. The lowest BCUT2D eigenvalue weighted by Crippen LogP contribution is -2.36. The molecule has 0 aromatic heterocycles. The number of hydrogen-bond donors (Lipinski definition) is 1. The van der Waals surface area contributed by atoms with E-state index in [1.165, 1.54) is 10.7 Å². The van der Waals surface area contributed by atoms with Gasteiger partial charge in [-0.15, -0.1) is 0 Å². The number of likely N-dealkylation sites (tertiary alicyclic amines) is 1. The first kappa shape index (κ1) is 17.4. The zero-order valence-corrected chi connectivity index (χ0v) is 14.7. The Hall–Kier alpha value is -1.44. The fraction of sp³-hybridized carbons (Fsp3) is 0.588. The van der Waals surface area contributed by atoms with E-state index in [0.717, 1.165) is 38.8 Å². The molecule has 2 fully saturated rings. The van der Waals surface area contributed by atoms with Crippen molar-refractivity contribution in [1.82, 2.24) is 9.21 Å². The minimum atomic E-state index is -3.45. The maximum absolute atomic E-state index is 12.6. The van der Waals surface area contributed by atoms with E-state index in [1.54, 1.807) is 24.3 Å². The van der Waals surface area contributed by atoms with Crippen LogP contribution in [0.1, 0.15) is 32.1 Å². The average molecular weight is 351 g/mol. The van der Waals surface area contributed by atoms with Crippen molar-refractivity contribution in [1.29, 1.82) is 0 Å². The number of piperidine rings is 1. The van der Waals surface area contributed by atoms with Crippen molar-refractivity contribution in [2.45, 2.75) is 37.0 Å². The van der Waals surface area contributed by atoms with Gasteiger partial charge in [0.2, 0.25) is 15.9 Å². The molecule has 0 radical (unpaired) electrons. The van der Waals surface area contributed by atoms with Gasteiger partial charge < -0.3 is 5.32 Å². The highest BCUT2D eigenvalue weighted by molar-refractivity contribution is 7.89. The third-order valence-corrected chi connectivity index (χ3v) is 6.53. The molecular formula is C17H25N3O3S. The summed E-state index contributed by atoms with van der Waals surface area (Å²) in [4.78, 5) is 14.6. The molecule has 6 nitrogen and oxygen atoms in total. The highest BCUT2D eigenvalue weighted by Gasteiger charge is 2.27. The number of benzene rings is 1. The van der Waals surface area contributed by atoms with E-state index < -0.39 is 10.0 Å². The molecule has 3 rings (SSSR count). The molecular weight excluding hydrogens is 326 g/mol. The van der Waals surface area contributed by atoms with Gasteiger partial charge in [-0.2, -0.15) is 4.31 Å². The highest BCUT2D eigenvalue weighted by Crippen LogP contribution is 2.23. The molecule has 1 aromatic rings. The van der Waals surface area contributed by atoms with Crippen molar-refractivity contribution in [3.05, 3.63) is 24.3 Å². The molecule has 132 valence electrons. The number of sulfonamides is 1. The Morgan fingerprint density at radius 1 is 1.00 bits per heavy atom. The smallest absolute Gasteiger partial charge is 0.243 e. The largest absolute Gasteiger partial charge is 0.325 e. The number of nitrogens with zero attached hydrogens (tertiary/aromatic N) is 2. The molecule has 1 aromatic carbocycles. The van der Waals surface area contributed by atoms with E-state index in [0.29, 0.717) is 25.3 Å². The van der Waals surface area contributed by atoms with E-state index in [-0.39, 0.29) is 10.8 Å². The van der Waals surface area contributed by atoms with E-state index in [4.69, 9.17) is 0 Å². The maximum Gasteiger partial charge on any atom is 0.243 e. The van der Waals surface area contributed by atoms with Crippen LogP contribution in [0, 0.1) is 0 Å². The van der Waals surface area contributed by atoms with Gasteiger partial charge in [0.05, 0.1) is 11.4 Å². The molecule has 0 bridgehead atoms. The zero-order valence-electron chi connectivity index (χ0n) is 13.9. The van der Waals surface area contributed by atoms with Gasteiger partial charge in [-0.3, -0.25) is 9.69 Å². The standard InChI is InChI=1S/C17H25N3O3S/c21-17(14-19-9-2-1-3-10-19)18-15-7-6-8-16(13-15)24(22,23)20-11-4-5-12-20/h6-8,13H,1-5,9-12,14H2,(H,18,21). The maximum atomic E-state index is 12.6. The molecule has 2 saturated heterocycles. The third kappa shape index (κ3) is 4.15. The molecule has 7 heteroatoms. The Balaban J connectivity index is 1.65. The Kier molecular flexibility index (Phi) is 5.53. The van der Waals surface area contributed by atoms with Crippen LogP contribution in [0.5, 0.6) is 0 Å². The molecule has 2 aliphatic heterocycles. The fourth-order valence-corrected chi connectivity index (χ4v) is 4.90. The van der Waals surface area contributed by atoms with Gasteiger partial charge in [0.1, 0.15) is 0 Å². The second-order valence-electron chi connectivity index (χ2n) is 6.52. The van der Waals surface area contributed by atoms with Crippen LogP contribution in [0.2, 0.25) is 0 Å². The fourth-order valence-electron chi connectivity index (χ4n) is 3.33. The van der Waals surface area contributed by atoms with E-state index in [2.05, 4.69) is 10.2 Å². The van der Waals surface area contributed by atoms with Gasteiger partial charge in [0.25, 0.3) is 0 Å². The molecule has 0 aliphatic carbocycles. The van der Waals surface area contributed by atoms with Crippen LogP contribution in [0.15, 0.2) is 29.2 Å². The molecule has 1 N–H and O–H groups in total. The normalized spacial score (nSPS) is 20.2. The Morgan fingerprint density at radius 3 is 2.38 bits per heavy atom. The quantitative estimate of drug-likeness (QED) is 0.880. The number of hydrogen-bond acceptors (Lipinski definition) is 4. The molecule has 0 spiro atoms. The average Bonchev–Trinajstić information content (AvgIpc) is 3.11. The number of rotatable bonds is 5. The van der Waals surface area contributed by atoms with Crippen molar-refractivity contribution < 1.29 is 13.2 Å². The van der Waals surface area contributed by atoms with Crippen LogP contribution in [0.25, 0.3) is 0 Å². The highest BCUT2D eigenvalue weighted by atomic mass is 32.2. The summed E-state index contributed by atoms with van der Waals surface area (Å²) >= 11 is 0. The first-order chi connectivity index (χ1) is 11.6. The second kappa shape index (κ2) is 7.63. The zero-order chi connectivity index (χ0) is 17.0. The third-order valence-electron chi connectivity index (χ3n) is 4.64. The van der Waals surface area contributed by atoms with Gasteiger partial charge in [-0.25, -0.2) is 8.42 Å². The van der Waals surface area contributed by atoms with Gasteiger partial charge in [-0.05, 0) is 57.0 Å². The van der Waals surface area contributed by atoms with Crippen molar-refractivity contribution in [3.63, 3.8) is 0 Å². The van der Waals surface area contributed by atoms with E-state index in [9.17, 15) is 13.2 Å². The summed E-state index contributed by atoms with van der Waals surface area (Å²) in [5.41, 5.74) is 0.539. The van der Waals surface area contributed by atoms with Crippen LogP contribution in [0.3, 0.4) is 0 Å². The van der Waals surface area contributed by atoms with Crippen LogP contribution in [-0.4, -0.2) is 56.3 Å². The summed E-state index contributed by atoms with van der Waals surface area (Å²) in [6.45, 7) is 3.43. The number of anilines is 1. The minimum absolute atomic E-state index is 0.0902. The van der Waals surface area contributed by atoms with E-state index in [1.807, 2.05) is 0 Å². The number of amides is 1. The first-order valence-corrected chi connectivity index (χ1v) is 10.1. The summed E-state index contributed by atoms with van der Waals surface area (Å²) in [6.07, 6.45) is 5.32. The lowest BCUT2D eigenvalue weighted by molar-refractivity contribution is -0.117. The number of carbonyl (C=O) groups is 1. The van der Waals surface area contributed by atoms with Gasteiger partial charge in [0, 0.05) is 18.8 Å². The van der Waals surface area contributed by atoms with Crippen molar-refractivity contribution in [3.8, 4) is 0 Å². The monoisotopic (exact) mass is 351 g/mol. The summed E-state index contributed by atoms with van der Waals surface area (Å²) in [6, 6.07) is 6.56. The predicted molar refractivity (Wildman–Crippen MR) is 93.4 cm³/mol. The van der Waals surface area contributed by atoms with Crippen LogP contribution in [0.4, 0.5) is 5.69 Å². The Morgan fingerprint density at radius 2 is 1.67 bits per heavy atom. The Labute approximate surface area is 143 Å².